The molecule has 0 unspecified atom stereocenters. The zero-order valence-electron chi connectivity index (χ0n) is 14.0. The van der Waals surface area contributed by atoms with Gasteiger partial charge in [-0.3, -0.25) is 5.32 Å². The fourth-order valence-electron chi connectivity index (χ4n) is 1.96. The van der Waals surface area contributed by atoms with E-state index in [1.807, 2.05) is 30.3 Å². The van der Waals surface area contributed by atoms with E-state index in [2.05, 4.69) is 5.32 Å². The minimum Gasteiger partial charge on any atom is -0.458 e. The highest BCUT2D eigenvalue weighted by Gasteiger charge is 2.07. The Morgan fingerprint density at radius 3 is 2.35 bits per heavy atom. The number of hydrogen-bond acceptors (Lipinski definition) is 4. The average molecular weight is 394 g/mol. The van der Waals surface area contributed by atoms with Crippen LogP contribution in [0.15, 0.2) is 60.3 Å². The van der Waals surface area contributed by atoms with Gasteiger partial charge in [0.25, 0.3) is 0 Å². The van der Waals surface area contributed by atoms with Gasteiger partial charge in [-0.15, -0.1) is 0 Å². The molecule has 0 radical (unpaired) electrons. The second-order valence-corrected chi connectivity index (χ2v) is 6.18. The van der Waals surface area contributed by atoms with E-state index in [9.17, 15) is 9.59 Å². The van der Waals surface area contributed by atoms with Crippen LogP contribution in [-0.4, -0.2) is 12.1 Å². The number of ether oxygens (including phenoxy) is 2. The molecule has 0 saturated heterocycles. The highest BCUT2D eigenvalue weighted by atomic mass is 35.5. The monoisotopic (exact) mass is 393 g/mol. The van der Waals surface area contributed by atoms with Gasteiger partial charge in [0.15, 0.2) is 0 Å². The lowest BCUT2D eigenvalue weighted by molar-refractivity contribution is -0.139. The molecule has 0 aliphatic heterocycles. The number of benzene rings is 2. The van der Waals surface area contributed by atoms with E-state index in [4.69, 9.17) is 32.7 Å². The number of alkyl carbamates (subject to hydrolysis) is 1. The van der Waals surface area contributed by atoms with Gasteiger partial charge in [-0.1, -0.05) is 59.6 Å². The maximum atomic E-state index is 11.8. The summed E-state index contributed by atoms with van der Waals surface area (Å²) in [5.74, 6) is -0.559. The van der Waals surface area contributed by atoms with Crippen LogP contribution in [0.2, 0.25) is 10.0 Å². The molecule has 2 aromatic rings. The normalized spacial score (nSPS) is 11.0. The smallest absolute Gasteiger partial charge is 0.411 e. The molecule has 7 heteroatoms. The molecule has 0 atom stereocenters. The first-order valence-electron chi connectivity index (χ1n) is 7.70. The first-order valence-corrected chi connectivity index (χ1v) is 8.46. The first-order chi connectivity index (χ1) is 12.4. The van der Waals surface area contributed by atoms with E-state index in [0.717, 1.165) is 5.56 Å². The molecule has 0 fully saturated rings. The molecular weight excluding hydrogens is 377 g/mol. The van der Waals surface area contributed by atoms with E-state index in [1.165, 1.54) is 6.08 Å². The van der Waals surface area contributed by atoms with Crippen molar-refractivity contribution < 1.29 is 19.1 Å². The molecule has 1 amide bonds. The van der Waals surface area contributed by atoms with Gasteiger partial charge in [0.1, 0.15) is 13.2 Å². The van der Waals surface area contributed by atoms with Gasteiger partial charge >= 0.3 is 12.1 Å². The van der Waals surface area contributed by atoms with Crippen molar-refractivity contribution in [1.82, 2.24) is 5.32 Å². The Hall–Kier alpha value is -2.50. The molecule has 0 aliphatic rings. The minimum atomic E-state index is -0.694. The van der Waals surface area contributed by atoms with Crippen LogP contribution in [0.25, 0.3) is 0 Å². The lowest BCUT2D eigenvalue weighted by Crippen LogP contribution is -2.23. The summed E-state index contributed by atoms with van der Waals surface area (Å²) in [5, 5.41) is 3.25. The molecule has 0 aromatic heterocycles. The Morgan fingerprint density at radius 2 is 1.65 bits per heavy atom. The van der Waals surface area contributed by atoms with Crippen LogP contribution < -0.4 is 5.32 Å². The highest BCUT2D eigenvalue weighted by Crippen LogP contribution is 2.22. The van der Waals surface area contributed by atoms with Crippen LogP contribution in [0.4, 0.5) is 4.79 Å². The summed E-state index contributed by atoms with van der Waals surface area (Å²) < 4.78 is 10.2. The van der Waals surface area contributed by atoms with Crippen molar-refractivity contribution in [2.45, 2.75) is 20.1 Å². The standard InChI is InChI=1S/C19H17Cl2NO4/c1-13(9-18(23)25-11-14-5-3-2-4-6-14)22-19(24)26-12-15-7-8-16(20)17(21)10-15/h2-10H,11-12H2,1H3,(H,22,24)/b13-9-. The third-order valence-corrected chi connectivity index (χ3v) is 3.95. The Labute approximate surface area is 161 Å². The molecule has 0 spiro atoms. The van der Waals surface area contributed by atoms with Crippen molar-refractivity contribution in [3.8, 4) is 0 Å². The number of nitrogens with one attached hydrogen (secondary N) is 1. The number of hydrogen-bond donors (Lipinski definition) is 1. The van der Waals surface area contributed by atoms with Crippen molar-refractivity contribution in [1.29, 1.82) is 0 Å². The second-order valence-electron chi connectivity index (χ2n) is 5.37. The highest BCUT2D eigenvalue weighted by molar-refractivity contribution is 6.42. The summed E-state index contributed by atoms with van der Waals surface area (Å²) >= 11 is 11.7. The molecule has 1 N–H and O–H groups in total. The van der Waals surface area contributed by atoms with Crippen LogP contribution in [-0.2, 0) is 27.5 Å². The van der Waals surface area contributed by atoms with Crippen molar-refractivity contribution in [2.24, 2.45) is 0 Å². The summed E-state index contributed by atoms with van der Waals surface area (Å²) in [4.78, 5) is 23.5. The molecule has 0 bridgehead atoms. The van der Waals surface area contributed by atoms with Crippen LogP contribution in [0.5, 0.6) is 0 Å². The molecule has 0 aliphatic carbocycles. The van der Waals surface area contributed by atoms with E-state index in [1.54, 1.807) is 25.1 Å². The molecule has 0 heterocycles. The molecule has 26 heavy (non-hydrogen) atoms. The predicted octanol–water partition coefficient (Wildman–Crippen LogP) is 4.87. The van der Waals surface area contributed by atoms with E-state index >= 15 is 0 Å². The molecule has 136 valence electrons. The predicted molar refractivity (Wildman–Crippen MR) is 99.8 cm³/mol. The lowest BCUT2D eigenvalue weighted by atomic mass is 10.2. The van der Waals surface area contributed by atoms with Crippen LogP contribution in [0.1, 0.15) is 18.1 Å². The fraction of sp³-hybridized carbons (Fsp3) is 0.158. The van der Waals surface area contributed by atoms with Gasteiger partial charge in [-0.05, 0) is 30.2 Å². The quantitative estimate of drug-likeness (QED) is 0.561. The van der Waals surface area contributed by atoms with Crippen LogP contribution >= 0.6 is 23.2 Å². The maximum absolute atomic E-state index is 11.8. The van der Waals surface area contributed by atoms with Crippen molar-refractivity contribution in [3.05, 3.63) is 81.5 Å². The lowest BCUT2D eigenvalue weighted by Gasteiger charge is -2.08. The first kappa shape index (κ1) is 19.8. The van der Waals surface area contributed by atoms with Crippen molar-refractivity contribution in [2.75, 3.05) is 0 Å². The van der Waals surface area contributed by atoms with Crippen molar-refractivity contribution in [3.63, 3.8) is 0 Å². The number of esters is 1. The Bertz CT molecular complexity index is 806. The molecule has 5 nitrogen and oxygen atoms in total. The largest absolute Gasteiger partial charge is 0.458 e. The number of allylic oxidation sites excluding steroid dienone is 1. The third-order valence-electron chi connectivity index (χ3n) is 3.21. The maximum Gasteiger partial charge on any atom is 0.411 e. The summed E-state index contributed by atoms with van der Waals surface area (Å²) in [6.45, 7) is 1.74. The van der Waals surface area contributed by atoms with Crippen molar-refractivity contribution >= 4 is 35.3 Å². The average Bonchev–Trinajstić information content (AvgIpc) is 2.61. The number of carbonyl (C=O) groups is 2. The fourth-order valence-corrected chi connectivity index (χ4v) is 2.28. The number of carbonyl (C=O) groups excluding carboxylic acids is 2. The number of rotatable bonds is 6. The van der Waals surface area contributed by atoms with Gasteiger partial charge in [-0.2, -0.15) is 0 Å². The topological polar surface area (TPSA) is 64.6 Å². The molecule has 0 saturated carbocycles. The van der Waals surface area contributed by atoms with Gasteiger partial charge in [0.2, 0.25) is 0 Å². The molecule has 2 rings (SSSR count). The Balaban J connectivity index is 1.77. The van der Waals surface area contributed by atoms with Gasteiger partial charge in [-0.25, -0.2) is 9.59 Å². The summed E-state index contributed by atoms with van der Waals surface area (Å²) in [5.41, 5.74) is 1.88. The number of halogens is 2. The van der Waals surface area contributed by atoms with Crippen LogP contribution in [0, 0.1) is 0 Å². The van der Waals surface area contributed by atoms with E-state index in [-0.39, 0.29) is 13.2 Å². The summed E-state index contributed by atoms with van der Waals surface area (Å²) in [6, 6.07) is 14.2. The second kappa shape index (κ2) is 9.85. The minimum absolute atomic E-state index is 0.0223. The van der Waals surface area contributed by atoms with E-state index < -0.39 is 12.1 Å². The van der Waals surface area contributed by atoms with E-state index in [0.29, 0.717) is 21.3 Å². The van der Waals surface area contributed by atoms with Gasteiger partial charge in [0.05, 0.1) is 10.0 Å². The van der Waals surface area contributed by atoms with Gasteiger partial charge in [0, 0.05) is 11.8 Å². The summed E-state index contributed by atoms with van der Waals surface area (Å²) in [7, 11) is 0. The summed E-state index contributed by atoms with van der Waals surface area (Å²) in [6.07, 6.45) is 0.490. The van der Waals surface area contributed by atoms with Crippen LogP contribution in [0.3, 0.4) is 0 Å². The zero-order valence-corrected chi connectivity index (χ0v) is 15.5. The Kier molecular flexibility index (Phi) is 7.51. The zero-order chi connectivity index (χ0) is 18.9. The molecular formula is C19H17Cl2NO4. The van der Waals surface area contributed by atoms with Gasteiger partial charge < -0.3 is 9.47 Å². The molecule has 2 aromatic carbocycles. The SMILES string of the molecule is C/C(=C/C(=O)OCc1ccccc1)NC(=O)OCc1ccc(Cl)c(Cl)c1. The number of amides is 1. The Morgan fingerprint density at radius 1 is 0.962 bits per heavy atom. The third kappa shape index (κ3) is 6.78.